The smallest absolute Gasteiger partial charge is 0.330 e. The predicted octanol–water partition coefficient (Wildman–Crippen LogP) is 3.20. The summed E-state index contributed by atoms with van der Waals surface area (Å²) in [5.74, 6) is -1.13. The molecule has 2 aromatic rings. The fourth-order valence-electron chi connectivity index (χ4n) is 3.47. The van der Waals surface area contributed by atoms with Crippen molar-refractivity contribution < 1.29 is 14.3 Å². The molecule has 2 atom stereocenters. The summed E-state index contributed by atoms with van der Waals surface area (Å²) in [6.45, 7) is 3.68. The summed E-state index contributed by atoms with van der Waals surface area (Å²) in [5, 5.41) is 9.77. The molecule has 2 unspecified atom stereocenters. The zero-order valence-electron chi connectivity index (χ0n) is 16.4. The number of anilines is 1. The van der Waals surface area contributed by atoms with Gasteiger partial charge in [-0.25, -0.2) is 9.97 Å². The lowest BCUT2D eigenvalue weighted by Gasteiger charge is -2.25. The van der Waals surface area contributed by atoms with Crippen molar-refractivity contribution in [2.24, 2.45) is 0 Å². The maximum atomic E-state index is 12.7. The second kappa shape index (κ2) is 9.47. The van der Waals surface area contributed by atoms with Gasteiger partial charge in [0.25, 0.3) is 0 Å². The van der Waals surface area contributed by atoms with Gasteiger partial charge < -0.3 is 14.4 Å². The third kappa shape index (κ3) is 4.57. The average Bonchev–Trinajstić information content (AvgIpc) is 2.97. The first-order chi connectivity index (χ1) is 13.6. The van der Waals surface area contributed by atoms with E-state index in [9.17, 15) is 10.1 Å². The number of methoxy groups -OCH3 is 1. The highest BCUT2D eigenvalue weighted by atomic mass is 16.6. The zero-order valence-corrected chi connectivity index (χ0v) is 16.4. The molecule has 2 heterocycles. The second-order valence-corrected chi connectivity index (χ2v) is 7.09. The highest BCUT2D eigenvalue weighted by molar-refractivity contribution is 5.85. The summed E-state index contributed by atoms with van der Waals surface area (Å²) < 4.78 is 10.4. The molecule has 1 aliphatic rings. The van der Waals surface area contributed by atoms with Crippen molar-refractivity contribution in [3.63, 3.8) is 0 Å². The topological polar surface area (TPSA) is 88.3 Å². The molecule has 7 nitrogen and oxygen atoms in total. The number of nitrogens with zero attached hydrogens (tertiary/aromatic N) is 4. The van der Waals surface area contributed by atoms with Crippen LogP contribution in [0.1, 0.15) is 44.2 Å². The number of benzene rings is 1. The number of hydrogen-bond donors (Lipinski definition) is 0. The van der Waals surface area contributed by atoms with Gasteiger partial charge in [0.15, 0.2) is 11.7 Å². The average molecular weight is 382 g/mol. The standard InChI is InChI=1S/C21H26N4O3/c1-15(14-27-2)28-21(26)16(13-22)19-20(25-11-7-3-4-8-12-25)24-18-10-6-5-9-17(18)23-19/h5-6,9-10,15-16H,3-4,7-8,11-12,14H2,1-2H3. The summed E-state index contributed by atoms with van der Waals surface area (Å²) in [6, 6.07) is 9.59. The molecule has 0 aliphatic carbocycles. The van der Waals surface area contributed by atoms with E-state index in [2.05, 4.69) is 16.0 Å². The largest absolute Gasteiger partial charge is 0.459 e. The molecule has 1 aromatic carbocycles. The van der Waals surface area contributed by atoms with Crippen LogP contribution in [0.3, 0.4) is 0 Å². The first-order valence-corrected chi connectivity index (χ1v) is 9.74. The van der Waals surface area contributed by atoms with Crippen molar-refractivity contribution in [2.45, 2.75) is 44.6 Å². The SMILES string of the molecule is COCC(C)OC(=O)C(C#N)c1nc2ccccc2nc1N1CCCCCC1. The lowest BCUT2D eigenvalue weighted by Crippen LogP contribution is -2.30. The Bertz CT molecular complexity index is 856. The van der Waals surface area contributed by atoms with Crippen LogP contribution in [0.5, 0.6) is 0 Å². The lowest BCUT2D eigenvalue weighted by molar-refractivity contribution is -0.150. The van der Waals surface area contributed by atoms with Crippen molar-refractivity contribution in [3.05, 3.63) is 30.0 Å². The van der Waals surface area contributed by atoms with Crippen LogP contribution in [0.15, 0.2) is 24.3 Å². The van der Waals surface area contributed by atoms with Gasteiger partial charge in [-0.15, -0.1) is 0 Å². The molecular weight excluding hydrogens is 356 g/mol. The van der Waals surface area contributed by atoms with E-state index in [1.54, 1.807) is 14.0 Å². The Kier molecular flexibility index (Phi) is 6.77. The number of rotatable bonds is 6. The molecule has 0 N–H and O–H groups in total. The van der Waals surface area contributed by atoms with Crippen LogP contribution in [-0.4, -0.2) is 48.8 Å². The minimum atomic E-state index is -1.13. The Morgan fingerprint density at radius 1 is 1.18 bits per heavy atom. The zero-order chi connectivity index (χ0) is 19.9. The summed E-state index contributed by atoms with van der Waals surface area (Å²) in [6.07, 6.45) is 4.01. The minimum absolute atomic E-state index is 0.270. The molecule has 0 bridgehead atoms. The summed E-state index contributed by atoms with van der Waals surface area (Å²) in [4.78, 5) is 24.3. The number of hydrogen-bond acceptors (Lipinski definition) is 7. The number of para-hydroxylation sites is 2. The van der Waals surface area contributed by atoms with E-state index in [1.807, 2.05) is 24.3 Å². The molecule has 1 aromatic heterocycles. The van der Waals surface area contributed by atoms with Gasteiger partial charge in [-0.1, -0.05) is 25.0 Å². The summed E-state index contributed by atoms with van der Waals surface area (Å²) in [7, 11) is 1.54. The summed E-state index contributed by atoms with van der Waals surface area (Å²) in [5.41, 5.74) is 1.79. The number of aromatic nitrogens is 2. The van der Waals surface area contributed by atoms with E-state index < -0.39 is 18.0 Å². The highest BCUT2D eigenvalue weighted by Gasteiger charge is 2.31. The predicted molar refractivity (Wildman–Crippen MR) is 106 cm³/mol. The van der Waals surface area contributed by atoms with Crippen LogP contribution >= 0.6 is 0 Å². The van der Waals surface area contributed by atoms with Crippen LogP contribution in [0.25, 0.3) is 11.0 Å². The summed E-state index contributed by atoms with van der Waals surface area (Å²) >= 11 is 0. The Balaban J connectivity index is 2.02. The van der Waals surface area contributed by atoms with Crippen LogP contribution in [0.4, 0.5) is 5.82 Å². The van der Waals surface area contributed by atoms with Crippen molar-refractivity contribution >= 4 is 22.8 Å². The lowest BCUT2D eigenvalue weighted by atomic mass is 10.1. The maximum Gasteiger partial charge on any atom is 0.330 e. The molecule has 0 spiro atoms. The highest BCUT2D eigenvalue weighted by Crippen LogP contribution is 2.29. The first-order valence-electron chi connectivity index (χ1n) is 9.74. The molecule has 148 valence electrons. The van der Waals surface area contributed by atoms with Crippen molar-refractivity contribution in [1.82, 2.24) is 9.97 Å². The number of ether oxygens (including phenoxy) is 2. The fraction of sp³-hybridized carbons (Fsp3) is 0.524. The molecule has 1 saturated heterocycles. The van der Waals surface area contributed by atoms with E-state index in [0.717, 1.165) is 31.4 Å². The molecule has 0 amide bonds. The Morgan fingerprint density at radius 3 is 2.43 bits per heavy atom. The van der Waals surface area contributed by atoms with Gasteiger partial charge in [-0.3, -0.25) is 4.79 Å². The van der Waals surface area contributed by atoms with Crippen molar-refractivity contribution in [3.8, 4) is 6.07 Å². The maximum absolute atomic E-state index is 12.7. The van der Waals surface area contributed by atoms with Gasteiger partial charge in [0, 0.05) is 20.2 Å². The fourth-order valence-corrected chi connectivity index (χ4v) is 3.47. The van der Waals surface area contributed by atoms with E-state index >= 15 is 0 Å². The van der Waals surface area contributed by atoms with Gasteiger partial charge in [-0.05, 0) is 31.9 Å². The Morgan fingerprint density at radius 2 is 1.82 bits per heavy atom. The van der Waals surface area contributed by atoms with Crippen molar-refractivity contribution in [2.75, 3.05) is 31.7 Å². The van der Waals surface area contributed by atoms with Gasteiger partial charge in [0.1, 0.15) is 11.8 Å². The third-order valence-electron chi connectivity index (χ3n) is 4.84. The third-order valence-corrected chi connectivity index (χ3v) is 4.84. The van der Waals surface area contributed by atoms with E-state index in [0.29, 0.717) is 17.0 Å². The Hall–Kier alpha value is -2.72. The Labute approximate surface area is 165 Å². The van der Waals surface area contributed by atoms with E-state index in [1.165, 1.54) is 12.8 Å². The van der Waals surface area contributed by atoms with Gasteiger partial charge >= 0.3 is 5.97 Å². The number of carbonyl (C=O) groups is 1. The number of nitriles is 1. The van der Waals surface area contributed by atoms with Gasteiger partial charge in [0.2, 0.25) is 0 Å². The second-order valence-electron chi connectivity index (χ2n) is 7.09. The number of esters is 1. The van der Waals surface area contributed by atoms with Crippen LogP contribution < -0.4 is 4.90 Å². The van der Waals surface area contributed by atoms with Crippen LogP contribution in [-0.2, 0) is 14.3 Å². The molecule has 0 saturated carbocycles. The number of fused-ring (bicyclic) bond motifs is 1. The molecule has 1 aliphatic heterocycles. The van der Waals surface area contributed by atoms with Gasteiger partial charge in [-0.2, -0.15) is 5.26 Å². The molecule has 3 rings (SSSR count). The van der Waals surface area contributed by atoms with Gasteiger partial charge in [0.05, 0.1) is 23.7 Å². The molecular formula is C21H26N4O3. The quantitative estimate of drug-likeness (QED) is 0.709. The van der Waals surface area contributed by atoms with Crippen LogP contribution in [0.2, 0.25) is 0 Å². The normalized spacial score (nSPS) is 16.8. The molecule has 0 radical (unpaired) electrons. The monoisotopic (exact) mass is 382 g/mol. The van der Waals surface area contributed by atoms with Crippen molar-refractivity contribution in [1.29, 1.82) is 5.26 Å². The molecule has 7 heteroatoms. The number of carbonyl (C=O) groups excluding carboxylic acids is 1. The van der Waals surface area contributed by atoms with E-state index in [-0.39, 0.29) is 6.61 Å². The van der Waals surface area contributed by atoms with Crippen LogP contribution in [0, 0.1) is 11.3 Å². The van der Waals surface area contributed by atoms with E-state index in [4.69, 9.17) is 14.5 Å². The molecule has 1 fully saturated rings. The molecule has 28 heavy (non-hydrogen) atoms. The first kappa shape index (κ1) is 20.0. The minimum Gasteiger partial charge on any atom is -0.459 e.